The van der Waals surface area contributed by atoms with Crippen molar-refractivity contribution in [2.45, 2.75) is 57.8 Å². The Balaban J connectivity index is 1.36. The Bertz CT molecular complexity index is 764. The first-order chi connectivity index (χ1) is 11.8. The van der Waals surface area contributed by atoms with Gasteiger partial charge < -0.3 is 0 Å². The van der Waals surface area contributed by atoms with E-state index in [-0.39, 0.29) is 0 Å². The van der Waals surface area contributed by atoms with Crippen LogP contribution in [0.15, 0.2) is 36.4 Å². The molecule has 4 bridgehead atoms. The van der Waals surface area contributed by atoms with Gasteiger partial charge in [0.15, 0.2) is 0 Å². The van der Waals surface area contributed by atoms with Crippen molar-refractivity contribution >= 4 is 10.8 Å². The molecule has 2 aromatic rings. The topological polar surface area (TPSA) is 0 Å². The second-order valence-corrected chi connectivity index (χ2v) is 9.69. The van der Waals surface area contributed by atoms with Crippen LogP contribution >= 0.6 is 0 Å². The molecule has 5 aliphatic carbocycles. The molecule has 7 rings (SSSR count). The molecule has 24 heavy (non-hydrogen) atoms. The lowest BCUT2D eigenvalue weighted by molar-refractivity contribution is -0.0901. The first kappa shape index (κ1) is 13.9. The summed E-state index contributed by atoms with van der Waals surface area (Å²) in [6, 6.07) is 14.0. The van der Waals surface area contributed by atoms with Gasteiger partial charge in [-0.1, -0.05) is 36.4 Å². The summed E-state index contributed by atoms with van der Waals surface area (Å²) in [4.78, 5) is 0. The van der Waals surface area contributed by atoms with Crippen LogP contribution in [0.5, 0.6) is 0 Å². The summed E-state index contributed by atoms with van der Waals surface area (Å²) in [6.07, 6.45) is 13.6. The monoisotopic (exact) mass is 316 g/mol. The highest BCUT2D eigenvalue weighted by Crippen LogP contribution is 2.64. The molecule has 0 aromatic heterocycles. The van der Waals surface area contributed by atoms with E-state index in [0.717, 1.165) is 29.1 Å². The van der Waals surface area contributed by atoms with E-state index in [0.29, 0.717) is 0 Å². The van der Waals surface area contributed by atoms with Gasteiger partial charge in [0.2, 0.25) is 0 Å². The van der Waals surface area contributed by atoms with Crippen molar-refractivity contribution in [3.63, 3.8) is 0 Å². The van der Waals surface area contributed by atoms with E-state index < -0.39 is 0 Å². The van der Waals surface area contributed by atoms with Gasteiger partial charge in [0.05, 0.1) is 0 Å². The normalized spacial score (nSPS) is 40.0. The van der Waals surface area contributed by atoms with Gasteiger partial charge in [-0.15, -0.1) is 0 Å². The van der Waals surface area contributed by atoms with Crippen LogP contribution in [0.3, 0.4) is 0 Å². The molecule has 0 saturated heterocycles. The van der Waals surface area contributed by atoms with Gasteiger partial charge in [-0.3, -0.25) is 0 Å². The molecule has 1 unspecified atom stereocenters. The standard InChI is InChI=1S/C24H28/c1-2-4-20-11-22-12-23(6-5-21(22)10-19(20)3-1)24-13-16-7-17(14-24)9-18(8-16)15-24/h1-4,10-11,16-18,23H,5-9,12-15H2. The van der Waals surface area contributed by atoms with Gasteiger partial charge >= 0.3 is 0 Å². The molecule has 0 amide bonds. The van der Waals surface area contributed by atoms with Gasteiger partial charge in [-0.2, -0.15) is 0 Å². The molecule has 0 heteroatoms. The fraction of sp³-hybridized carbons (Fsp3) is 0.583. The zero-order valence-corrected chi connectivity index (χ0v) is 14.6. The Morgan fingerprint density at radius 3 is 1.96 bits per heavy atom. The Morgan fingerprint density at radius 2 is 1.33 bits per heavy atom. The van der Waals surface area contributed by atoms with E-state index in [9.17, 15) is 0 Å². The van der Waals surface area contributed by atoms with Crippen LogP contribution in [0.25, 0.3) is 10.8 Å². The second-order valence-electron chi connectivity index (χ2n) is 9.69. The molecule has 0 heterocycles. The Labute approximate surface area is 145 Å². The van der Waals surface area contributed by atoms with Crippen LogP contribution in [0.4, 0.5) is 0 Å². The molecule has 4 fully saturated rings. The predicted molar refractivity (Wildman–Crippen MR) is 100 cm³/mol. The lowest BCUT2D eigenvalue weighted by Gasteiger charge is -2.60. The molecule has 4 saturated carbocycles. The van der Waals surface area contributed by atoms with Crippen molar-refractivity contribution in [1.29, 1.82) is 0 Å². The average Bonchev–Trinajstić information content (AvgIpc) is 2.58. The molecular formula is C24H28. The van der Waals surface area contributed by atoms with Crippen molar-refractivity contribution in [3.8, 4) is 0 Å². The quantitative estimate of drug-likeness (QED) is 0.591. The third-order valence-electron chi connectivity index (χ3n) is 8.25. The van der Waals surface area contributed by atoms with Crippen LogP contribution in [-0.2, 0) is 12.8 Å². The van der Waals surface area contributed by atoms with E-state index in [2.05, 4.69) is 36.4 Å². The number of fused-ring (bicyclic) bond motifs is 2. The van der Waals surface area contributed by atoms with Gasteiger partial charge in [0.25, 0.3) is 0 Å². The zero-order chi connectivity index (χ0) is 15.7. The highest BCUT2D eigenvalue weighted by atomic mass is 14.6. The minimum Gasteiger partial charge on any atom is -0.0616 e. The molecule has 0 spiro atoms. The Kier molecular flexibility index (Phi) is 2.83. The minimum atomic E-state index is 0.734. The highest BCUT2D eigenvalue weighted by molar-refractivity contribution is 5.84. The molecule has 0 N–H and O–H groups in total. The third-order valence-corrected chi connectivity index (χ3v) is 8.25. The summed E-state index contributed by atoms with van der Waals surface area (Å²) < 4.78 is 0. The number of hydrogen-bond acceptors (Lipinski definition) is 0. The number of benzene rings is 2. The zero-order valence-electron chi connectivity index (χ0n) is 14.6. The van der Waals surface area contributed by atoms with Crippen molar-refractivity contribution in [2.24, 2.45) is 29.1 Å². The van der Waals surface area contributed by atoms with Gasteiger partial charge in [0.1, 0.15) is 0 Å². The maximum absolute atomic E-state index is 2.53. The van der Waals surface area contributed by atoms with E-state index in [1.807, 2.05) is 0 Å². The average molecular weight is 316 g/mol. The fourth-order valence-electron chi connectivity index (χ4n) is 7.65. The molecule has 5 aliphatic rings. The van der Waals surface area contributed by atoms with E-state index in [4.69, 9.17) is 0 Å². The molecule has 1 atom stereocenters. The Hall–Kier alpha value is -1.30. The number of hydrogen-bond donors (Lipinski definition) is 0. The lowest BCUT2D eigenvalue weighted by atomic mass is 9.45. The van der Waals surface area contributed by atoms with Crippen LogP contribution < -0.4 is 0 Å². The van der Waals surface area contributed by atoms with Crippen molar-refractivity contribution in [1.82, 2.24) is 0 Å². The van der Waals surface area contributed by atoms with Crippen molar-refractivity contribution in [3.05, 3.63) is 47.5 Å². The van der Waals surface area contributed by atoms with Crippen LogP contribution in [0.1, 0.15) is 56.1 Å². The largest absolute Gasteiger partial charge is 0.0616 e. The third kappa shape index (κ3) is 1.98. The van der Waals surface area contributed by atoms with E-state index in [1.165, 1.54) is 30.0 Å². The summed E-state index contributed by atoms with van der Waals surface area (Å²) in [5, 5.41) is 2.88. The van der Waals surface area contributed by atoms with Crippen molar-refractivity contribution < 1.29 is 0 Å². The fourth-order valence-corrected chi connectivity index (χ4v) is 7.65. The van der Waals surface area contributed by atoms with Gasteiger partial charge in [-0.25, -0.2) is 0 Å². The van der Waals surface area contributed by atoms with Crippen LogP contribution in [0.2, 0.25) is 0 Å². The summed E-state index contributed by atoms with van der Waals surface area (Å²) in [6.45, 7) is 0. The van der Waals surface area contributed by atoms with Crippen LogP contribution in [0, 0.1) is 29.1 Å². The Morgan fingerprint density at radius 1 is 0.750 bits per heavy atom. The maximum atomic E-state index is 2.53. The molecular weight excluding hydrogens is 288 g/mol. The highest BCUT2D eigenvalue weighted by Gasteiger charge is 2.54. The van der Waals surface area contributed by atoms with E-state index in [1.54, 1.807) is 49.7 Å². The molecule has 2 aromatic carbocycles. The maximum Gasteiger partial charge on any atom is -0.0181 e. The van der Waals surface area contributed by atoms with Gasteiger partial charge in [0, 0.05) is 0 Å². The molecule has 0 nitrogen and oxygen atoms in total. The van der Waals surface area contributed by atoms with Crippen molar-refractivity contribution in [2.75, 3.05) is 0 Å². The number of rotatable bonds is 1. The number of aryl methyl sites for hydroxylation is 1. The summed E-state index contributed by atoms with van der Waals surface area (Å²) >= 11 is 0. The van der Waals surface area contributed by atoms with Crippen LogP contribution in [-0.4, -0.2) is 0 Å². The molecule has 124 valence electrons. The first-order valence-electron chi connectivity index (χ1n) is 10.3. The lowest BCUT2D eigenvalue weighted by Crippen LogP contribution is -2.50. The second kappa shape index (κ2) is 4.87. The molecule has 0 aliphatic heterocycles. The predicted octanol–water partition coefficient (Wildman–Crippen LogP) is 6.16. The smallest absolute Gasteiger partial charge is 0.0181 e. The molecule has 0 radical (unpaired) electrons. The van der Waals surface area contributed by atoms with Gasteiger partial charge in [-0.05, 0) is 109 Å². The van der Waals surface area contributed by atoms with E-state index >= 15 is 0 Å². The SMILES string of the molecule is c1ccc2cc3c(cc2c1)CCC(C12CC4CC(CC(C4)C1)C2)C3. The summed E-state index contributed by atoms with van der Waals surface area (Å²) in [5.41, 5.74) is 4.06. The first-order valence-corrected chi connectivity index (χ1v) is 10.3. The minimum absolute atomic E-state index is 0.734. The summed E-state index contributed by atoms with van der Waals surface area (Å²) in [5.74, 6) is 4.25. The summed E-state index contributed by atoms with van der Waals surface area (Å²) in [7, 11) is 0.